The van der Waals surface area contributed by atoms with E-state index in [1.54, 1.807) is 18.2 Å². The van der Waals surface area contributed by atoms with Crippen molar-refractivity contribution in [3.05, 3.63) is 53.6 Å². The van der Waals surface area contributed by atoms with Gasteiger partial charge in [0, 0.05) is 17.9 Å². The summed E-state index contributed by atoms with van der Waals surface area (Å²) in [5.74, 6) is -0.971. The third-order valence-electron chi connectivity index (χ3n) is 5.25. The number of hydrogen-bond acceptors (Lipinski definition) is 7. The van der Waals surface area contributed by atoms with Crippen LogP contribution in [0.4, 0.5) is 0 Å². The Kier molecular flexibility index (Phi) is 5.11. The maximum Gasteiger partial charge on any atom is 0.341 e. The van der Waals surface area contributed by atoms with E-state index < -0.39 is 46.8 Å². The second kappa shape index (κ2) is 7.60. The quantitative estimate of drug-likeness (QED) is 0.615. The van der Waals surface area contributed by atoms with E-state index >= 15 is 0 Å². The fourth-order valence-corrected chi connectivity index (χ4v) is 5.24. The molecule has 0 aromatic heterocycles. The molecule has 0 amide bonds. The molecule has 1 aliphatic heterocycles. The standard InChI is InChI=1S/C20H18N2O7S/c21-9-11-4-6-12(7-5-11)30(26,27)22-19-14(23)8-16-18(19)13-2-1-3-15(20(13)29-16)28-10-17(24)25/h1-7,14,16,18-19,22-23H,8,10H2,(H,24,25). The number of aliphatic hydroxyl groups is 1. The third-order valence-corrected chi connectivity index (χ3v) is 6.72. The molecule has 0 radical (unpaired) electrons. The SMILES string of the molecule is N#Cc1ccc(S(=O)(=O)NC2C(O)CC3Oc4c(OCC(=O)O)cccc4C32)cc1. The summed E-state index contributed by atoms with van der Waals surface area (Å²) < 4.78 is 39.4. The van der Waals surface area contributed by atoms with Crippen molar-refractivity contribution in [1.82, 2.24) is 4.72 Å². The molecule has 9 nitrogen and oxygen atoms in total. The number of sulfonamides is 1. The minimum Gasteiger partial charge on any atom is -0.485 e. The van der Waals surface area contributed by atoms with Crippen molar-refractivity contribution in [1.29, 1.82) is 5.26 Å². The fourth-order valence-electron chi connectivity index (χ4n) is 3.95. The molecule has 4 rings (SSSR count). The summed E-state index contributed by atoms with van der Waals surface area (Å²) in [5, 5.41) is 28.2. The lowest BCUT2D eigenvalue weighted by molar-refractivity contribution is -0.139. The summed E-state index contributed by atoms with van der Waals surface area (Å²) in [7, 11) is -3.96. The number of nitrogens with zero attached hydrogens (tertiary/aromatic N) is 1. The highest BCUT2D eigenvalue weighted by atomic mass is 32.2. The fraction of sp³-hybridized carbons (Fsp3) is 0.300. The maximum absolute atomic E-state index is 12.8. The van der Waals surface area contributed by atoms with Crippen molar-refractivity contribution in [3.8, 4) is 17.6 Å². The van der Waals surface area contributed by atoms with Gasteiger partial charge in [0.25, 0.3) is 0 Å². The molecule has 1 saturated carbocycles. The van der Waals surface area contributed by atoms with E-state index in [2.05, 4.69) is 4.72 Å². The number of hydrogen-bond donors (Lipinski definition) is 3. The summed E-state index contributed by atoms with van der Waals surface area (Å²) in [5.41, 5.74) is 0.980. The normalized spacial score (nSPS) is 24.4. The first kappa shape index (κ1) is 20.2. The van der Waals surface area contributed by atoms with Gasteiger partial charge in [0.1, 0.15) is 6.10 Å². The number of para-hydroxylation sites is 1. The van der Waals surface area contributed by atoms with Crippen molar-refractivity contribution in [2.75, 3.05) is 6.61 Å². The van der Waals surface area contributed by atoms with Crippen LogP contribution in [-0.4, -0.2) is 49.5 Å². The summed E-state index contributed by atoms with van der Waals surface area (Å²) in [6, 6.07) is 11.5. The molecule has 0 bridgehead atoms. The molecule has 10 heteroatoms. The highest BCUT2D eigenvalue weighted by Gasteiger charge is 2.51. The second-order valence-corrected chi connectivity index (χ2v) is 8.84. The molecule has 2 aliphatic rings. The highest BCUT2D eigenvalue weighted by molar-refractivity contribution is 7.89. The zero-order chi connectivity index (χ0) is 21.5. The van der Waals surface area contributed by atoms with E-state index in [0.717, 1.165) is 0 Å². The predicted octanol–water partition coefficient (Wildman–Crippen LogP) is 0.978. The number of carboxylic acid groups (broad SMARTS) is 1. The number of nitrogens with one attached hydrogen (secondary N) is 1. The van der Waals surface area contributed by atoms with E-state index in [-0.39, 0.29) is 17.1 Å². The Balaban J connectivity index is 1.61. The van der Waals surface area contributed by atoms with Gasteiger partial charge in [0.2, 0.25) is 10.0 Å². The van der Waals surface area contributed by atoms with Gasteiger partial charge in [-0.25, -0.2) is 17.9 Å². The smallest absolute Gasteiger partial charge is 0.341 e. The summed E-state index contributed by atoms with van der Waals surface area (Å²) in [6.07, 6.45) is -1.23. The lowest BCUT2D eigenvalue weighted by Gasteiger charge is -2.22. The first-order chi connectivity index (χ1) is 14.3. The van der Waals surface area contributed by atoms with Gasteiger partial charge in [-0.1, -0.05) is 12.1 Å². The number of rotatable bonds is 6. The van der Waals surface area contributed by atoms with Crippen molar-refractivity contribution in [2.24, 2.45) is 0 Å². The van der Waals surface area contributed by atoms with Gasteiger partial charge in [-0.05, 0) is 30.3 Å². The molecule has 2 aromatic rings. The zero-order valence-corrected chi connectivity index (χ0v) is 16.4. The summed E-state index contributed by atoms with van der Waals surface area (Å²) in [6.45, 7) is -0.535. The summed E-state index contributed by atoms with van der Waals surface area (Å²) >= 11 is 0. The van der Waals surface area contributed by atoms with Gasteiger partial charge in [0.05, 0.1) is 28.7 Å². The van der Waals surface area contributed by atoms with Crippen molar-refractivity contribution in [3.63, 3.8) is 0 Å². The molecule has 0 spiro atoms. The molecule has 1 aliphatic carbocycles. The van der Waals surface area contributed by atoms with Crippen LogP contribution < -0.4 is 14.2 Å². The average molecular weight is 430 g/mol. The maximum atomic E-state index is 12.8. The number of carbonyl (C=O) groups is 1. The van der Waals surface area contributed by atoms with Crippen LogP contribution in [0.5, 0.6) is 11.5 Å². The molecule has 3 N–H and O–H groups in total. The Bertz CT molecular complexity index is 1120. The molecule has 1 heterocycles. The Morgan fingerprint density at radius 1 is 1.27 bits per heavy atom. The molecular formula is C20H18N2O7S. The van der Waals surface area contributed by atoms with Gasteiger partial charge in [-0.15, -0.1) is 0 Å². The number of carboxylic acids is 1. The molecule has 30 heavy (non-hydrogen) atoms. The lowest BCUT2D eigenvalue weighted by Crippen LogP contribution is -2.43. The first-order valence-corrected chi connectivity index (χ1v) is 10.6. The number of fused-ring (bicyclic) bond motifs is 3. The predicted molar refractivity (Wildman–Crippen MR) is 103 cm³/mol. The van der Waals surface area contributed by atoms with Crippen molar-refractivity contribution >= 4 is 16.0 Å². The topological polar surface area (TPSA) is 146 Å². The number of nitriles is 1. The number of aliphatic hydroxyl groups excluding tert-OH is 1. The van der Waals surface area contributed by atoms with Crippen LogP contribution in [-0.2, 0) is 14.8 Å². The van der Waals surface area contributed by atoms with E-state index in [4.69, 9.17) is 19.8 Å². The minimum atomic E-state index is -3.96. The second-order valence-electron chi connectivity index (χ2n) is 7.13. The zero-order valence-electron chi connectivity index (χ0n) is 15.6. The Morgan fingerprint density at radius 3 is 2.67 bits per heavy atom. The number of aliphatic carboxylic acids is 1. The van der Waals surface area contributed by atoms with E-state index in [1.165, 1.54) is 24.3 Å². The molecule has 2 aromatic carbocycles. The Morgan fingerprint density at radius 2 is 2.00 bits per heavy atom. The first-order valence-electron chi connectivity index (χ1n) is 9.15. The van der Waals surface area contributed by atoms with Crippen LogP contribution in [0, 0.1) is 11.3 Å². The van der Waals surface area contributed by atoms with Gasteiger partial charge < -0.3 is 19.7 Å². The average Bonchev–Trinajstić information content (AvgIpc) is 3.22. The molecule has 4 atom stereocenters. The molecule has 156 valence electrons. The molecule has 4 unspecified atom stereocenters. The molecule has 0 saturated heterocycles. The molecular weight excluding hydrogens is 412 g/mol. The van der Waals surface area contributed by atoms with Gasteiger partial charge in [-0.2, -0.15) is 5.26 Å². The van der Waals surface area contributed by atoms with Crippen LogP contribution in [0.15, 0.2) is 47.4 Å². The molecule has 1 fully saturated rings. The van der Waals surface area contributed by atoms with Gasteiger partial charge in [-0.3, -0.25) is 0 Å². The van der Waals surface area contributed by atoms with Crippen LogP contribution >= 0.6 is 0 Å². The van der Waals surface area contributed by atoms with Crippen molar-refractivity contribution < 1.29 is 32.9 Å². The number of ether oxygens (including phenoxy) is 2. The minimum absolute atomic E-state index is 0.0187. The van der Waals surface area contributed by atoms with Gasteiger partial charge in [0.15, 0.2) is 18.1 Å². The van der Waals surface area contributed by atoms with Crippen molar-refractivity contribution in [2.45, 2.75) is 35.5 Å². The van der Waals surface area contributed by atoms with E-state index in [9.17, 15) is 18.3 Å². The van der Waals surface area contributed by atoms with E-state index in [1.807, 2.05) is 6.07 Å². The Labute approximate surface area is 172 Å². The number of benzene rings is 2. The third kappa shape index (κ3) is 3.59. The monoisotopic (exact) mass is 430 g/mol. The van der Waals surface area contributed by atoms with Crippen LogP contribution in [0.3, 0.4) is 0 Å². The van der Waals surface area contributed by atoms with E-state index in [0.29, 0.717) is 16.9 Å². The summed E-state index contributed by atoms with van der Waals surface area (Å²) in [4.78, 5) is 10.8. The van der Waals surface area contributed by atoms with Gasteiger partial charge >= 0.3 is 5.97 Å². The Hall–Kier alpha value is -3.13. The lowest BCUT2D eigenvalue weighted by atomic mass is 9.94. The largest absolute Gasteiger partial charge is 0.485 e. The van der Waals surface area contributed by atoms with Crippen LogP contribution in [0.2, 0.25) is 0 Å². The van der Waals surface area contributed by atoms with Crippen LogP contribution in [0.1, 0.15) is 23.5 Å². The highest BCUT2D eigenvalue weighted by Crippen LogP contribution is 2.51. The van der Waals surface area contributed by atoms with Crippen LogP contribution in [0.25, 0.3) is 0 Å².